The van der Waals surface area contributed by atoms with E-state index in [-0.39, 0.29) is 5.78 Å². The number of aliphatic hydroxyl groups excluding tert-OH is 1. The van der Waals surface area contributed by atoms with Gasteiger partial charge in [-0.05, 0) is 11.6 Å². The topological polar surface area (TPSA) is 37.3 Å². The van der Waals surface area contributed by atoms with E-state index in [0.29, 0.717) is 0 Å². The monoisotopic (exact) mass is 174 g/mol. The van der Waals surface area contributed by atoms with E-state index in [1.165, 1.54) is 6.08 Å². The molecule has 2 heteroatoms. The van der Waals surface area contributed by atoms with Crippen LogP contribution in [0.1, 0.15) is 5.56 Å². The van der Waals surface area contributed by atoms with Crippen molar-refractivity contribution in [3.63, 3.8) is 0 Å². The molecule has 1 rings (SSSR count). The summed E-state index contributed by atoms with van der Waals surface area (Å²) in [7, 11) is 0. The zero-order chi connectivity index (χ0) is 9.52. The molecule has 2 nitrogen and oxygen atoms in total. The number of hydrogen-bond donors (Lipinski definition) is 1. The molecule has 0 heterocycles. The van der Waals surface area contributed by atoms with Crippen LogP contribution in [-0.4, -0.2) is 10.9 Å². The van der Waals surface area contributed by atoms with Crippen LogP contribution in [-0.2, 0) is 4.79 Å². The fraction of sp³-hybridized carbons (Fsp3) is 0. The summed E-state index contributed by atoms with van der Waals surface area (Å²) in [5.74, 6) is -0.230. The number of carbonyl (C=O) groups excluding carboxylic acids is 1. The highest BCUT2D eigenvalue weighted by atomic mass is 16.2. The minimum Gasteiger partial charge on any atom is -0.515 e. The molecule has 1 aromatic carbocycles. The number of rotatable bonds is 3. The third-order valence-electron chi connectivity index (χ3n) is 1.48. The lowest BCUT2D eigenvalue weighted by atomic mass is 10.2. The van der Waals surface area contributed by atoms with Gasteiger partial charge in [0.25, 0.3) is 0 Å². The summed E-state index contributed by atoms with van der Waals surface area (Å²) >= 11 is 0. The van der Waals surface area contributed by atoms with E-state index < -0.39 is 0 Å². The summed E-state index contributed by atoms with van der Waals surface area (Å²) in [4.78, 5) is 10.9. The lowest BCUT2D eigenvalue weighted by Crippen LogP contribution is -1.83. The van der Waals surface area contributed by atoms with Gasteiger partial charge in [0.15, 0.2) is 5.78 Å². The maximum atomic E-state index is 10.9. The van der Waals surface area contributed by atoms with Crippen molar-refractivity contribution in [2.24, 2.45) is 0 Å². The molecule has 0 amide bonds. The first kappa shape index (κ1) is 9.26. The molecule has 66 valence electrons. The summed E-state index contributed by atoms with van der Waals surface area (Å²) in [5, 5.41) is 8.30. The highest BCUT2D eigenvalue weighted by Crippen LogP contribution is 2.00. The van der Waals surface area contributed by atoms with E-state index >= 15 is 0 Å². The van der Waals surface area contributed by atoms with Gasteiger partial charge in [0.2, 0.25) is 0 Å². The van der Waals surface area contributed by atoms with Crippen molar-refractivity contribution in [3.8, 4) is 0 Å². The van der Waals surface area contributed by atoms with Crippen LogP contribution in [0.2, 0.25) is 0 Å². The summed E-state index contributed by atoms with van der Waals surface area (Å²) in [5.41, 5.74) is 0.960. The van der Waals surface area contributed by atoms with Crippen molar-refractivity contribution >= 4 is 11.9 Å². The van der Waals surface area contributed by atoms with Crippen molar-refractivity contribution in [2.75, 3.05) is 0 Å². The Labute approximate surface area is 76.8 Å². The second kappa shape index (κ2) is 4.93. The van der Waals surface area contributed by atoms with Crippen LogP contribution in [0.25, 0.3) is 6.08 Å². The maximum absolute atomic E-state index is 10.9. The number of allylic oxidation sites excluding steroid dienone is 2. The standard InChI is InChI=1S/C11H10O2/c12-9-8-11(13)7-6-10-4-2-1-3-5-10/h1-9,12H/b7-6+,9-8+. The number of benzene rings is 1. The Morgan fingerprint density at radius 2 is 1.85 bits per heavy atom. The van der Waals surface area contributed by atoms with Gasteiger partial charge < -0.3 is 5.11 Å². The zero-order valence-corrected chi connectivity index (χ0v) is 7.05. The lowest BCUT2D eigenvalue weighted by Gasteiger charge is -1.88. The first-order valence-corrected chi connectivity index (χ1v) is 3.91. The molecule has 1 aromatic rings. The van der Waals surface area contributed by atoms with Gasteiger partial charge in [0, 0.05) is 6.08 Å². The molecular weight excluding hydrogens is 164 g/mol. The van der Waals surface area contributed by atoms with E-state index in [1.807, 2.05) is 30.3 Å². The summed E-state index contributed by atoms with van der Waals surface area (Å²) < 4.78 is 0. The Bertz CT molecular complexity index is 323. The molecule has 1 N–H and O–H groups in total. The third-order valence-corrected chi connectivity index (χ3v) is 1.48. The molecule has 0 saturated heterocycles. The van der Waals surface area contributed by atoms with Crippen molar-refractivity contribution in [1.82, 2.24) is 0 Å². The maximum Gasteiger partial charge on any atom is 0.181 e. The Morgan fingerprint density at radius 1 is 1.15 bits per heavy atom. The molecule has 0 aliphatic heterocycles. The zero-order valence-electron chi connectivity index (χ0n) is 7.05. The lowest BCUT2D eigenvalue weighted by molar-refractivity contribution is -0.110. The Hall–Kier alpha value is -1.83. The van der Waals surface area contributed by atoms with Gasteiger partial charge in [0.1, 0.15) is 0 Å². The molecule has 0 bridgehead atoms. The number of carbonyl (C=O) groups is 1. The van der Waals surface area contributed by atoms with Crippen LogP contribution >= 0.6 is 0 Å². The fourth-order valence-electron chi connectivity index (χ4n) is 0.872. The predicted octanol–water partition coefficient (Wildman–Crippen LogP) is 2.34. The highest BCUT2D eigenvalue weighted by molar-refractivity contribution is 6.01. The second-order valence-corrected chi connectivity index (χ2v) is 2.46. The van der Waals surface area contributed by atoms with Crippen molar-refractivity contribution < 1.29 is 9.90 Å². The molecule has 0 radical (unpaired) electrons. The molecule has 0 aliphatic rings. The average Bonchev–Trinajstić information content (AvgIpc) is 2.17. The molecule has 13 heavy (non-hydrogen) atoms. The van der Waals surface area contributed by atoms with E-state index in [0.717, 1.165) is 17.9 Å². The Balaban J connectivity index is 2.64. The van der Waals surface area contributed by atoms with E-state index in [2.05, 4.69) is 0 Å². The van der Waals surface area contributed by atoms with Gasteiger partial charge in [0.05, 0.1) is 6.26 Å². The SMILES string of the molecule is O=C(/C=C/O)/C=C/c1ccccc1. The molecule has 0 spiro atoms. The number of aliphatic hydroxyl groups is 1. The Morgan fingerprint density at radius 3 is 2.46 bits per heavy atom. The quantitative estimate of drug-likeness (QED) is 0.564. The Kier molecular flexibility index (Phi) is 3.51. The predicted molar refractivity (Wildman–Crippen MR) is 52.3 cm³/mol. The van der Waals surface area contributed by atoms with Gasteiger partial charge in [-0.2, -0.15) is 0 Å². The van der Waals surface area contributed by atoms with Gasteiger partial charge >= 0.3 is 0 Å². The minimum atomic E-state index is -0.230. The molecule has 0 atom stereocenters. The van der Waals surface area contributed by atoms with Gasteiger partial charge in [-0.15, -0.1) is 0 Å². The van der Waals surface area contributed by atoms with E-state index in [9.17, 15) is 4.79 Å². The van der Waals surface area contributed by atoms with Crippen LogP contribution in [0.3, 0.4) is 0 Å². The summed E-state index contributed by atoms with van der Waals surface area (Å²) in [6.45, 7) is 0. The molecule has 0 aliphatic carbocycles. The minimum absolute atomic E-state index is 0.230. The average molecular weight is 174 g/mol. The van der Waals surface area contributed by atoms with Crippen LogP contribution in [0, 0.1) is 0 Å². The van der Waals surface area contributed by atoms with Crippen LogP contribution in [0.15, 0.2) is 48.7 Å². The van der Waals surface area contributed by atoms with E-state index in [1.54, 1.807) is 6.08 Å². The number of ketones is 1. The summed E-state index contributed by atoms with van der Waals surface area (Å²) in [6.07, 6.45) is 4.93. The fourth-order valence-corrected chi connectivity index (χ4v) is 0.872. The molecule has 0 saturated carbocycles. The van der Waals surface area contributed by atoms with Crippen LogP contribution < -0.4 is 0 Å². The van der Waals surface area contributed by atoms with Gasteiger partial charge in [-0.1, -0.05) is 36.4 Å². The van der Waals surface area contributed by atoms with Crippen molar-refractivity contribution in [1.29, 1.82) is 0 Å². The van der Waals surface area contributed by atoms with Crippen molar-refractivity contribution in [2.45, 2.75) is 0 Å². The largest absolute Gasteiger partial charge is 0.515 e. The van der Waals surface area contributed by atoms with Crippen molar-refractivity contribution in [3.05, 3.63) is 54.3 Å². The normalized spacial score (nSPS) is 11.1. The smallest absolute Gasteiger partial charge is 0.181 e. The molecular formula is C11H10O2. The van der Waals surface area contributed by atoms with Gasteiger partial charge in [-0.25, -0.2) is 0 Å². The summed E-state index contributed by atoms with van der Waals surface area (Å²) in [6, 6.07) is 9.49. The van der Waals surface area contributed by atoms with Gasteiger partial charge in [-0.3, -0.25) is 4.79 Å². The second-order valence-electron chi connectivity index (χ2n) is 2.46. The van der Waals surface area contributed by atoms with Crippen LogP contribution in [0.4, 0.5) is 0 Å². The molecule has 0 aromatic heterocycles. The molecule has 0 fully saturated rings. The highest BCUT2D eigenvalue weighted by Gasteiger charge is 1.87. The van der Waals surface area contributed by atoms with Crippen LogP contribution in [0.5, 0.6) is 0 Å². The first-order valence-electron chi connectivity index (χ1n) is 3.91. The first-order chi connectivity index (χ1) is 6.33. The number of hydrogen-bond acceptors (Lipinski definition) is 2. The van der Waals surface area contributed by atoms with E-state index in [4.69, 9.17) is 5.11 Å². The molecule has 0 unspecified atom stereocenters. The third kappa shape index (κ3) is 3.38.